The first-order chi connectivity index (χ1) is 15.7. The molecule has 0 aromatic heterocycles. The average Bonchev–Trinajstić information content (AvgIpc) is 2.78. The molecule has 1 aliphatic heterocycles. The molecule has 2 rings (SSSR count). The van der Waals surface area contributed by atoms with Gasteiger partial charge in [-0.1, -0.05) is 52.5 Å². The van der Waals surface area contributed by atoms with Gasteiger partial charge in [-0.3, -0.25) is 4.79 Å². The van der Waals surface area contributed by atoms with Crippen molar-refractivity contribution in [1.82, 2.24) is 16.0 Å². The number of aliphatic hydroxyl groups excluding tert-OH is 1. The molecular formula is C27H47N3O3. The Morgan fingerprint density at radius 1 is 1.18 bits per heavy atom. The van der Waals surface area contributed by atoms with Crippen molar-refractivity contribution in [2.45, 2.75) is 104 Å². The largest absolute Gasteiger partial charge is 0.485 e. The highest BCUT2D eigenvalue weighted by Crippen LogP contribution is 2.40. The summed E-state index contributed by atoms with van der Waals surface area (Å²) in [5, 5.41) is 21.1. The number of ether oxygens (including phenoxy) is 1. The van der Waals surface area contributed by atoms with Crippen LogP contribution >= 0.6 is 0 Å². The van der Waals surface area contributed by atoms with Crippen molar-refractivity contribution in [3.8, 4) is 5.75 Å². The Hall–Kier alpha value is -1.63. The van der Waals surface area contributed by atoms with Gasteiger partial charge in [-0.2, -0.15) is 0 Å². The molecule has 3 unspecified atom stereocenters. The molecule has 188 valence electrons. The van der Waals surface area contributed by atoms with Gasteiger partial charge in [0.2, 0.25) is 5.91 Å². The fourth-order valence-corrected chi connectivity index (χ4v) is 4.43. The first-order valence-corrected chi connectivity index (χ1v) is 12.9. The fourth-order valence-electron chi connectivity index (χ4n) is 4.43. The van der Waals surface area contributed by atoms with Gasteiger partial charge in [0.25, 0.3) is 0 Å². The zero-order valence-corrected chi connectivity index (χ0v) is 21.7. The average molecular weight is 462 g/mol. The third-order valence-electron chi connectivity index (χ3n) is 6.89. The van der Waals surface area contributed by atoms with Gasteiger partial charge in [-0.05, 0) is 57.4 Å². The number of carbonyl (C=O) groups excluding carboxylic acids is 1. The summed E-state index contributed by atoms with van der Waals surface area (Å²) in [5.41, 5.74) is 1.18. The molecule has 1 amide bonds. The van der Waals surface area contributed by atoms with Crippen molar-refractivity contribution in [2.75, 3.05) is 19.6 Å². The Balaban J connectivity index is 1.99. The summed E-state index contributed by atoms with van der Waals surface area (Å²) >= 11 is 0. The molecular weight excluding hydrogens is 414 g/mol. The number of hydrogen-bond acceptors (Lipinski definition) is 5. The van der Waals surface area contributed by atoms with E-state index in [4.69, 9.17) is 4.74 Å². The molecule has 6 nitrogen and oxygen atoms in total. The Bertz CT molecular complexity index is 733. The van der Waals surface area contributed by atoms with Gasteiger partial charge in [0.1, 0.15) is 17.5 Å². The molecule has 0 bridgehead atoms. The van der Waals surface area contributed by atoms with E-state index < -0.39 is 11.7 Å². The van der Waals surface area contributed by atoms with Crippen LogP contribution in [0.3, 0.4) is 0 Å². The molecule has 0 saturated carbocycles. The molecule has 6 heteroatoms. The van der Waals surface area contributed by atoms with Gasteiger partial charge in [-0.25, -0.2) is 0 Å². The SMILES string of the molecule is CCCCC(C)NCCNC(=O)Cc1ccc2c(c1)C(NCC(CC)CC)C(O)C(C)(C)O2. The number of fused-ring (bicyclic) bond motifs is 1. The minimum atomic E-state index is -0.682. The number of benzene rings is 1. The van der Waals surface area contributed by atoms with Crippen molar-refractivity contribution < 1.29 is 14.6 Å². The predicted molar refractivity (Wildman–Crippen MR) is 136 cm³/mol. The molecule has 1 aromatic rings. The summed E-state index contributed by atoms with van der Waals surface area (Å²) in [6.07, 6.45) is 5.44. The number of aliphatic hydroxyl groups is 1. The van der Waals surface area contributed by atoms with Gasteiger partial charge in [0.15, 0.2) is 0 Å². The molecule has 1 aliphatic rings. The third-order valence-corrected chi connectivity index (χ3v) is 6.89. The van der Waals surface area contributed by atoms with Crippen molar-refractivity contribution in [3.63, 3.8) is 0 Å². The van der Waals surface area contributed by atoms with Crippen LogP contribution in [0.4, 0.5) is 0 Å². The Morgan fingerprint density at radius 3 is 2.58 bits per heavy atom. The lowest BCUT2D eigenvalue weighted by Crippen LogP contribution is -2.53. The smallest absolute Gasteiger partial charge is 0.224 e. The van der Waals surface area contributed by atoms with Crippen LogP contribution in [0.5, 0.6) is 5.75 Å². The molecule has 0 radical (unpaired) electrons. The van der Waals surface area contributed by atoms with E-state index in [0.29, 0.717) is 24.9 Å². The molecule has 0 aliphatic carbocycles. The number of amides is 1. The third kappa shape index (κ3) is 8.27. The van der Waals surface area contributed by atoms with Gasteiger partial charge >= 0.3 is 0 Å². The molecule has 1 aromatic carbocycles. The van der Waals surface area contributed by atoms with E-state index in [0.717, 1.165) is 49.2 Å². The number of unbranched alkanes of at least 4 members (excludes halogenated alkanes) is 1. The van der Waals surface area contributed by atoms with Crippen LogP contribution in [-0.2, 0) is 11.2 Å². The van der Waals surface area contributed by atoms with Crippen molar-refractivity contribution in [1.29, 1.82) is 0 Å². The lowest BCUT2D eigenvalue weighted by molar-refractivity contribution is -0.120. The molecule has 3 atom stereocenters. The van der Waals surface area contributed by atoms with Crippen molar-refractivity contribution in [2.24, 2.45) is 5.92 Å². The van der Waals surface area contributed by atoms with Crippen LogP contribution < -0.4 is 20.7 Å². The maximum absolute atomic E-state index is 12.5. The molecule has 33 heavy (non-hydrogen) atoms. The van der Waals surface area contributed by atoms with E-state index in [9.17, 15) is 9.90 Å². The van der Waals surface area contributed by atoms with E-state index >= 15 is 0 Å². The summed E-state index contributed by atoms with van der Waals surface area (Å²) in [6, 6.07) is 6.16. The second-order valence-corrected chi connectivity index (χ2v) is 10.1. The lowest BCUT2D eigenvalue weighted by atomic mass is 9.85. The summed E-state index contributed by atoms with van der Waals surface area (Å²) in [6.45, 7) is 14.9. The van der Waals surface area contributed by atoms with Crippen LogP contribution in [0.25, 0.3) is 0 Å². The molecule has 1 heterocycles. The van der Waals surface area contributed by atoms with E-state index in [2.05, 4.69) is 43.6 Å². The lowest BCUT2D eigenvalue weighted by Gasteiger charge is -2.43. The van der Waals surface area contributed by atoms with E-state index in [-0.39, 0.29) is 11.9 Å². The fraction of sp³-hybridized carbons (Fsp3) is 0.741. The second kappa shape index (κ2) is 13.3. The monoisotopic (exact) mass is 461 g/mol. The molecule has 0 saturated heterocycles. The minimum absolute atomic E-state index is 0.0112. The van der Waals surface area contributed by atoms with Crippen LogP contribution in [-0.4, -0.2) is 48.4 Å². The zero-order chi connectivity index (χ0) is 24.4. The Morgan fingerprint density at radius 2 is 1.91 bits per heavy atom. The van der Waals surface area contributed by atoms with E-state index in [1.807, 2.05) is 32.0 Å². The van der Waals surface area contributed by atoms with E-state index in [1.54, 1.807) is 0 Å². The molecule has 0 fully saturated rings. The highest BCUT2D eigenvalue weighted by atomic mass is 16.5. The highest BCUT2D eigenvalue weighted by Gasteiger charge is 2.42. The van der Waals surface area contributed by atoms with Crippen molar-refractivity contribution >= 4 is 5.91 Å². The second-order valence-electron chi connectivity index (χ2n) is 10.1. The minimum Gasteiger partial charge on any atom is -0.485 e. The summed E-state index contributed by atoms with van der Waals surface area (Å²) in [5.74, 6) is 1.36. The highest BCUT2D eigenvalue weighted by molar-refractivity contribution is 5.78. The normalized spacial score (nSPS) is 20.2. The first-order valence-electron chi connectivity index (χ1n) is 12.9. The van der Waals surface area contributed by atoms with Gasteiger partial charge < -0.3 is 25.8 Å². The zero-order valence-electron chi connectivity index (χ0n) is 21.7. The standard InChI is InChI=1S/C27H47N3O3/c1-7-10-11-19(4)28-14-15-29-24(31)17-21-12-13-23-22(16-21)25(26(32)27(5,6)33-23)30-18-20(8-2)9-3/h12-13,16,19-20,25-26,28,30,32H,7-11,14-15,17-18H2,1-6H3,(H,29,31). The summed E-state index contributed by atoms with van der Waals surface area (Å²) < 4.78 is 6.11. The van der Waals surface area contributed by atoms with Crippen LogP contribution in [0, 0.1) is 5.92 Å². The summed E-state index contributed by atoms with van der Waals surface area (Å²) in [7, 11) is 0. The van der Waals surface area contributed by atoms with Gasteiger partial charge in [0, 0.05) is 24.7 Å². The summed E-state index contributed by atoms with van der Waals surface area (Å²) in [4.78, 5) is 12.5. The van der Waals surface area contributed by atoms with E-state index in [1.165, 1.54) is 12.8 Å². The topological polar surface area (TPSA) is 82.6 Å². The van der Waals surface area contributed by atoms with Crippen LogP contribution in [0.1, 0.15) is 90.8 Å². The number of carbonyl (C=O) groups is 1. The number of nitrogens with one attached hydrogen (secondary N) is 3. The molecule has 0 spiro atoms. The maximum atomic E-state index is 12.5. The van der Waals surface area contributed by atoms with Crippen LogP contribution in [0.2, 0.25) is 0 Å². The predicted octanol–water partition coefficient (Wildman–Crippen LogP) is 4.11. The number of rotatable bonds is 14. The van der Waals surface area contributed by atoms with Gasteiger partial charge in [0.05, 0.1) is 12.5 Å². The Kier molecular flexibility index (Phi) is 11.1. The van der Waals surface area contributed by atoms with Crippen LogP contribution in [0.15, 0.2) is 18.2 Å². The quantitative estimate of drug-likeness (QED) is 0.314. The van der Waals surface area contributed by atoms with Gasteiger partial charge in [-0.15, -0.1) is 0 Å². The maximum Gasteiger partial charge on any atom is 0.224 e. The first kappa shape index (κ1) is 27.6. The van der Waals surface area contributed by atoms with Crippen molar-refractivity contribution in [3.05, 3.63) is 29.3 Å². The number of hydrogen-bond donors (Lipinski definition) is 4. The molecule has 4 N–H and O–H groups in total. The Labute approximate surface area is 201 Å².